The van der Waals surface area contributed by atoms with Gasteiger partial charge < -0.3 is 14.8 Å². The molecule has 0 saturated carbocycles. The Morgan fingerprint density at radius 3 is 2.19 bits per heavy atom. The number of aromatic amines is 1. The van der Waals surface area contributed by atoms with Gasteiger partial charge >= 0.3 is 5.69 Å². The second kappa shape index (κ2) is 10.9. The normalized spacial score (nSPS) is 12.3. The zero-order chi connectivity index (χ0) is 22.2. The first-order valence-corrected chi connectivity index (χ1v) is 10.6. The monoisotopic (exact) mass is 422 g/mol. The molecule has 0 amide bonds. The third-order valence-electron chi connectivity index (χ3n) is 5.21. The summed E-state index contributed by atoms with van der Waals surface area (Å²) in [6, 6.07) is 19.5. The van der Waals surface area contributed by atoms with Crippen LogP contribution in [0.1, 0.15) is 48.6 Å². The van der Waals surface area contributed by atoms with Gasteiger partial charge in [-0.15, -0.1) is 0 Å². The molecule has 0 radical (unpaired) electrons. The number of nitrogens with zero attached hydrogens (tertiary/aromatic N) is 1. The number of H-pyrrole nitrogens is 1. The van der Waals surface area contributed by atoms with Crippen LogP contribution >= 0.6 is 0 Å². The number of nitrogens with one attached hydrogen (secondary N) is 1. The van der Waals surface area contributed by atoms with Crippen LogP contribution in [-0.2, 0) is 24.3 Å². The van der Waals surface area contributed by atoms with E-state index in [1.54, 1.807) is 0 Å². The fourth-order valence-corrected chi connectivity index (χ4v) is 3.62. The fourth-order valence-electron chi connectivity index (χ4n) is 3.62. The molecule has 0 fully saturated rings. The minimum Gasteiger partial charge on any atom is -0.391 e. The van der Waals surface area contributed by atoms with Gasteiger partial charge in [0.1, 0.15) is 0 Å². The molecule has 0 aliphatic carbocycles. The number of hydrogen-bond donors (Lipinski definition) is 2. The Balaban J connectivity index is 1.68. The topological polar surface area (TPSA) is 84.3 Å². The molecular weight excluding hydrogens is 392 g/mol. The molecule has 2 aromatic carbocycles. The van der Waals surface area contributed by atoms with Gasteiger partial charge in [0.25, 0.3) is 5.56 Å². The molecule has 2 N–H and O–H groups in total. The van der Waals surface area contributed by atoms with Crippen LogP contribution in [0.2, 0.25) is 0 Å². The molecule has 3 rings (SSSR count). The first kappa shape index (κ1) is 22.7. The largest absolute Gasteiger partial charge is 0.391 e. The first-order valence-electron chi connectivity index (χ1n) is 10.6. The van der Waals surface area contributed by atoms with Gasteiger partial charge in [0.15, 0.2) is 0 Å². The lowest BCUT2D eigenvalue weighted by Crippen LogP contribution is -2.42. The number of benzene rings is 2. The van der Waals surface area contributed by atoms with Crippen molar-refractivity contribution in [2.45, 2.75) is 51.9 Å². The highest BCUT2D eigenvalue weighted by Crippen LogP contribution is 2.16. The predicted molar refractivity (Wildman–Crippen MR) is 121 cm³/mol. The van der Waals surface area contributed by atoms with Gasteiger partial charge in [-0.3, -0.25) is 9.36 Å². The van der Waals surface area contributed by atoms with Crippen LogP contribution in [-0.4, -0.2) is 27.4 Å². The van der Waals surface area contributed by atoms with Crippen molar-refractivity contribution in [1.29, 1.82) is 0 Å². The van der Waals surface area contributed by atoms with Gasteiger partial charge in [-0.2, -0.15) is 0 Å². The fraction of sp³-hybridized carbons (Fsp3) is 0.360. The van der Waals surface area contributed by atoms with Gasteiger partial charge in [0.05, 0.1) is 19.3 Å². The molecule has 0 aliphatic rings. The number of hydrogen-bond acceptors (Lipinski definition) is 4. The summed E-state index contributed by atoms with van der Waals surface area (Å²) >= 11 is 0. The van der Waals surface area contributed by atoms with Crippen molar-refractivity contribution in [2.24, 2.45) is 0 Å². The van der Waals surface area contributed by atoms with Gasteiger partial charge in [0.2, 0.25) is 0 Å². The molecule has 1 aromatic heterocycles. The van der Waals surface area contributed by atoms with Gasteiger partial charge in [-0.1, -0.05) is 74.5 Å². The maximum absolute atomic E-state index is 13.1. The van der Waals surface area contributed by atoms with E-state index in [0.717, 1.165) is 15.7 Å². The summed E-state index contributed by atoms with van der Waals surface area (Å²) in [4.78, 5) is 28.6. The number of aliphatic hydroxyl groups excluding tert-OH is 1. The molecule has 0 aliphatic heterocycles. The Labute approximate surface area is 182 Å². The Morgan fingerprint density at radius 2 is 1.58 bits per heavy atom. The molecule has 6 heteroatoms. The Morgan fingerprint density at radius 1 is 0.968 bits per heavy atom. The van der Waals surface area contributed by atoms with Crippen LogP contribution in [0.15, 0.2) is 70.3 Å². The van der Waals surface area contributed by atoms with Crippen molar-refractivity contribution in [3.63, 3.8) is 0 Å². The summed E-state index contributed by atoms with van der Waals surface area (Å²) in [6.07, 6.45) is -0.0357. The summed E-state index contributed by atoms with van der Waals surface area (Å²) in [5, 5.41) is 10.4. The maximum atomic E-state index is 13.1. The van der Waals surface area contributed by atoms with E-state index < -0.39 is 11.8 Å². The summed E-state index contributed by atoms with van der Waals surface area (Å²) < 4.78 is 6.71. The van der Waals surface area contributed by atoms with Crippen LogP contribution < -0.4 is 11.2 Å². The predicted octanol–water partition coefficient (Wildman–Crippen LogP) is 3.22. The Hall–Kier alpha value is -2.96. The van der Waals surface area contributed by atoms with Crippen molar-refractivity contribution in [2.75, 3.05) is 6.61 Å². The lowest BCUT2D eigenvalue weighted by molar-refractivity contribution is 0.0653. The number of aliphatic hydroxyl groups is 1. The highest BCUT2D eigenvalue weighted by Gasteiger charge is 2.19. The summed E-state index contributed by atoms with van der Waals surface area (Å²) in [5.74, 6) is -0.0549. The molecule has 6 nitrogen and oxygen atoms in total. The van der Waals surface area contributed by atoms with E-state index in [0.29, 0.717) is 37.3 Å². The van der Waals surface area contributed by atoms with Crippen LogP contribution in [0.3, 0.4) is 0 Å². The average molecular weight is 423 g/mol. The number of ether oxygens (including phenoxy) is 1. The first-order chi connectivity index (χ1) is 15.0. The van der Waals surface area contributed by atoms with E-state index in [9.17, 15) is 14.7 Å². The van der Waals surface area contributed by atoms with E-state index in [2.05, 4.69) is 4.98 Å². The SMILES string of the molecule is CC(C)c1c(Cc2ccccc2)[nH]c(=O)n(CC(O)CCOCc2ccccc2)c1=O. The average Bonchev–Trinajstić information content (AvgIpc) is 2.75. The molecule has 0 bridgehead atoms. The minimum atomic E-state index is -0.852. The maximum Gasteiger partial charge on any atom is 0.328 e. The summed E-state index contributed by atoms with van der Waals surface area (Å²) in [7, 11) is 0. The van der Waals surface area contributed by atoms with Crippen LogP contribution in [0.25, 0.3) is 0 Å². The molecular formula is C25H30N2O4. The smallest absolute Gasteiger partial charge is 0.328 e. The zero-order valence-corrected chi connectivity index (χ0v) is 18.1. The third-order valence-corrected chi connectivity index (χ3v) is 5.21. The number of rotatable bonds is 10. The number of aromatic nitrogens is 2. The minimum absolute atomic E-state index is 0.0549. The molecule has 1 heterocycles. The van der Waals surface area contributed by atoms with Crippen molar-refractivity contribution < 1.29 is 9.84 Å². The Bertz CT molecular complexity index is 1070. The zero-order valence-electron chi connectivity index (χ0n) is 18.1. The third kappa shape index (κ3) is 6.26. The van der Waals surface area contributed by atoms with Gasteiger partial charge in [0, 0.05) is 24.3 Å². The van der Waals surface area contributed by atoms with Crippen molar-refractivity contribution in [3.05, 3.63) is 104 Å². The molecule has 3 aromatic rings. The van der Waals surface area contributed by atoms with E-state index in [-0.39, 0.29) is 18.0 Å². The molecule has 31 heavy (non-hydrogen) atoms. The molecule has 164 valence electrons. The lowest BCUT2D eigenvalue weighted by atomic mass is 9.98. The van der Waals surface area contributed by atoms with E-state index in [1.165, 1.54) is 0 Å². The highest BCUT2D eigenvalue weighted by atomic mass is 16.5. The highest BCUT2D eigenvalue weighted by molar-refractivity contribution is 5.28. The standard InChI is InChI=1S/C25H30N2O4/c1-18(2)23-22(15-19-9-5-3-6-10-19)26-25(30)27(24(23)29)16-21(28)13-14-31-17-20-11-7-4-8-12-20/h3-12,18,21,28H,13-17H2,1-2H3,(H,26,30). The molecule has 1 atom stereocenters. The lowest BCUT2D eigenvalue weighted by Gasteiger charge is -2.17. The van der Waals surface area contributed by atoms with Crippen molar-refractivity contribution in [3.8, 4) is 0 Å². The Kier molecular flexibility index (Phi) is 7.98. The van der Waals surface area contributed by atoms with Crippen molar-refractivity contribution >= 4 is 0 Å². The summed E-state index contributed by atoms with van der Waals surface area (Å²) in [6.45, 7) is 4.60. The van der Waals surface area contributed by atoms with Crippen LogP contribution in [0, 0.1) is 0 Å². The van der Waals surface area contributed by atoms with Crippen LogP contribution in [0.5, 0.6) is 0 Å². The van der Waals surface area contributed by atoms with E-state index in [4.69, 9.17) is 4.74 Å². The quantitative estimate of drug-likeness (QED) is 0.492. The molecule has 1 unspecified atom stereocenters. The van der Waals surface area contributed by atoms with Gasteiger partial charge in [-0.05, 0) is 23.5 Å². The van der Waals surface area contributed by atoms with E-state index >= 15 is 0 Å². The van der Waals surface area contributed by atoms with Gasteiger partial charge in [-0.25, -0.2) is 4.79 Å². The molecule has 0 spiro atoms. The van der Waals surface area contributed by atoms with E-state index in [1.807, 2.05) is 74.5 Å². The molecule has 0 saturated heterocycles. The second-order valence-electron chi connectivity index (χ2n) is 8.04. The second-order valence-corrected chi connectivity index (χ2v) is 8.04. The summed E-state index contributed by atoms with van der Waals surface area (Å²) in [5.41, 5.74) is 2.45. The van der Waals surface area contributed by atoms with Crippen LogP contribution in [0.4, 0.5) is 0 Å². The van der Waals surface area contributed by atoms with Crippen molar-refractivity contribution in [1.82, 2.24) is 9.55 Å².